The minimum Gasteiger partial charge on any atom is -0.267 e. The molecule has 1 aliphatic carbocycles. The summed E-state index contributed by atoms with van der Waals surface area (Å²) in [6.45, 7) is 0. The molecule has 1 aromatic carbocycles. The van der Waals surface area contributed by atoms with Crippen LogP contribution in [0.15, 0.2) is 30.3 Å². The summed E-state index contributed by atoms with van der Waals surface area (Å²) in [5, 5.41) is 10.6. The third-order valence-electron chi connectivity index (χ3n) is 4.10. The standard InChI is InChI=1S/C17H17N3O4S/c21-16(11-6-8-13(9-7-11)20(23)24)18-19-17(22)15-10-12-4-2-1-3-5-14(12)25-15/h6-10H,1-5H2,(H,18,21)(H,19,22). The van der Waals surface area contributed by atoms with Crippen LogP contribution in [0.5, 0.6) is 0 Å². The number of nitrogens with one attached hydrogen (secondary N) is 2. The highest BCUT2D eigenvalue weighted by molar-refractivity contribution is 7.14. The van der Waals surface area contributed by atoms with Gasteiger partial charge in [-0.05, 0) is 49.4 Å². The molecule has 3 rings (SSSR count). The van der Waals surface area contributed by atoms with Crippen molar-refractivity contribution in [1.82, 2.24) is 10.9 Å². The van der Waals surface area contributed by atoms with E-state index in [-0.39, 0.29) is 17.2 Å². The lowest BCUT2D eigenvalue weighted by Gasteiger charge is -2.06. The predicted octanol–water partition coefficient (Wildman–Crippen LogP) is 3.00. The summed E-state index contributed by atoms with van der Waals surface area (Å²) in [5.74, 6) is -0.880. The molecule has 0 aliphatic heterocycles. The number of aryl methyl sites for hydroxylation is 2. The number of thiophene rings is 1. The Labute approximate surface area is 148 Å². The molecule has 0 saturated carbocycles. The van der Waals surface area contributed by atoms with Gasteiger partial charge in [-0.1, -0.05) is 6.42 Å². The van der Waals surface area contributed by atoms with E-state index >= 15 is 0 Å². The molecule has 130 valence electrons. The van der Waals surface area contributed by atoms with Crippen LogP contribution in [0.4, 0.5) is 5.69 Å². The number of carbonyl (C=O) groups excluding carboxylic acids is 2. The van der Waals surface area contributed by atoms with Crippen molar-refractivity contribution in [1.29, 1.82) is 0 Å². The van der Waals surface area contributed by atoms with Crippen LogP contribution in [0.1, 0.15) is 49.7 Å². The van der Waals surface area contributed by atoms with Crippen LogP contribution in [0.2, 0.25) is 0 Å². The predicted molar refractivity (Wildman–Crippen MR) is 93.6 cm³/mol. The number of nitro benzene ring substituents is 1. The van der Waals surface area contributed by atoms with Gasteiger partial charge >= 0.3 is 0 Å². The number of nitrogens with zero attached hydrogens (tertiary/aromatic N) is 1. The van der Waals surface area contributed by atoms with Gasteiger partial charge in [0.05, 0.1) is 9.80 Å². The van der Waals surface area contributed by atoms with Gasteiger partial charge in [0.2, 0.25) is 0 Å². The van der Waals surface area contributed by atoms with E-state index in [1.807, 2.05) is 6.07 Å². The summed E-state index contributed by atoms with van der Waals surface area (Å²) in [6, 6.07) is 7.07. The van der Waals surface area contributed by atoms with Gasteiger partial charge in [-0.2, -0.15) is 0 Å². The molecule has 0 spiro atoms. The van der Waals surface area contributed by atoms with Crippen LogP contribution >= 0.6 is 11.3 Å². The highest BCUT2D eigenvalue weighted by atomic mass is 32.1. The lowest BCUT2D eigenvalue weighted by molar-refractivity contribution is -0.384. The molecule has 2 aromatic rings. The van der Waals surface area contributed by atoms with Crippen molar-refractivity contribution < 1.29 is 14.5 Å². The van der Waals surface area contributed by atoms with Crippen LogP contribution in [-0.2, 0) is 12.8 Å². The third-order valence-corrected chi connectivity index (χ3v) is 5.34. The average molecular weight is 359 g/mol. The van der Waals surface area contributed by atoms with Crippen molar-refractivity contribution in [2.45, 2.75) is 32.1 Å². The van der Waals surface area contributed by atoms with Crippen molar-refractivity contribution >= 4 is 28.8 Å². The second-order valence-corrected chi connectivity index (χ2v) is 6.97. The van der Waals surface area contributed by atoms with Gasteiger partial charge in [0, 0.05) is 22.6 Å². The molecule has 1 heterocycles. The van der Waals surface area contributed by atoms with Crippen LogP contribution in [0.25, 0.3) is 0 Å². The van der Waals surface area contributed by atoms with E-state index in [0.717, 1.165) is 25.7 Å². The van der Waals surface area contributed by atoms with Crippen LogP contribution in [0.3, 0.4) is 0 Å². The zero-order valence-corrected chi connectivity index (χ0v) is 14.2. The topological polar surface area (TPSA) is 101 Å². The second-order valence-electron chi connectivity index (χ2n) is 5.83. The number of hydrogen-bond acceptors (Lipinski definition) is 5. The SMILES string of the molecule is O=C(NNC(=O)c1cc2c(s1)CCCCC2)c1ccc([N+](=O)[O-])cc1. The number of nitro groups is 1. The van der Waals surface area contributed by atoms with Crippen LogP contribution < -0.4 is 10.9 Å². The van der Waals surface area contributed by atoms with E-state index in [9.17, 15) is 19.7 Å². The smallest absolute Gasteiger partial charge is 0.267 e. The normalized spacial score (nSPS) is 13.4. The monoisotopic (exact) mass is 359 g/mol. The molecule has 0 radical (unpaired) electrons. The van der Waals surface area contributed by atoms with E-state index in [0.29, 0.717) is 4.88 Å². The number of carbonyl (C=O) groups is 2. The number of rotatable bonds is 3. The second kappa shape index (κ2) is 7.43. The number of amides is 2. The Balaban J connectivity index is 1.60. The first-order valence-corrected chi connectivity index (χ1v) is 8.83. The maximum Gasteiger partial charge on any atom is 0.279 e. The van der Waals surface area contributed by atoms with E-state index in [2.05, 4.69) is 10.9 Å². The fourth-order valence-electron chi connectivity index (χ4n) is 2.76. The third kappa shape index (κ3) is 4.03. The Morgan fingerprint density at radius 3 is 2.40 bits per heavy atom. The fraction of sp³-hybridized carbons (Fsp3) is 0.294. The van der Waals surface area contributed by atoms with Gasteiger partial charge in [-0.25, -0.2) is 0 Å². The Kier molecular flexibility index (Phi) is 5.08. The molecule has 25 heavy (non-hydrogen) atoms. The molecule has 0 saturated heterocycles. The largest absolute Gasteiger partial charge is 0.279 e. The van der Waals surface area contributed by atoms with E-state index in [1.54, 1.807) is 0 Å². The summed E-state index contributed by atoms with van der Waals surface area (Å²) in [7, 11) is 0. The molecule has 0 unspecified atom stereocenters. The molecular weight excluding hydrogens is 342 g/mol. The fourth-order valence-corrected chi connectivity index (χ4v) is 3.91. The molecule has 1 aliphatic rings. The van der Waals surface area contributed by atoms with Crippen molar-refractivity contribution in [3.8, 4) is 0 Å². The van der Waals surface area contributed by atoms with Gasteiger partial charge in [0.1, 0.15) is 0 Å². The molecule has 8 heteroatoms. The molecule has 0 bridgehead atoms. The van der Waals surface area contributed by atoms with Crippen molar-refractivity contribution in [2.24, 2.45) is 0 Å². The van der Waals surface area contributed by atoms with Gasteiger partial charge in [-0.3, -0.25) is 30.6 Å². The molecule has 2 N–H and O–H groups in total. The number of benzene rings is 1. The highest BCUT2D eigenvalue weighted by Gasteiger charge is 2.17. The molecule has 2 amide bonds. The van der Waals surface area contributed by atoms with Gasteiger partial charge in [0.15, 0.2) is 0 Å². The maximum atomic E-state index is 12.2. The van der Waals surface area contributed by atoms with Gasteiger partial charge < -0.3 is 0 Å². The van der Waals surface area contributed by atoms with Gasteiger partial charge in [0.25, 0.3) is 17.5 Å². The number of fused-ring (bicyclic) bond motifs is 1. The van der Waals surface area contributed by atoms with Crippen LogP contribution in [-0.4, -0.2) is 16.7 Å². The van der Waals surface area contributed by atoms with E-state index in [4.69, 9.17) is 0 Å². The first kappa shape index (κ1) is 17.1. The first-order chi connectivity index (χ1) is 12.0. The average Bonchev–Trinajstić information content (AvgIpc) is 2.90. The van der Waals surface area contributed by atoms with Crippen molar-refractivity contribution in [3.05, 3.63) is 61.3 Å². The van der Waals surface area contributed by atoms with Crippen molar-refractivity contribution in [2.75, 3.05) is 0 Å². The minimum atomic E-state index is -0.537. The quantitative estimate of drug-likeness (QED) is 0.500. The van der Waals surface area contributed by atoms with Crippen LogP contribution in [0, 0.1) is 10.1 Å². The summed E-state index contributed by atoms with van der Waals surface area (Å²) in [6.07, 6.45) is 5.50. The Bertz CT molecular complexity index is 790. The van der Waals surface area contributed by atoms with Gasteiger partial charge in [-0.15, -0.1) is 11.3 Å². The Hall–Kier alpha value is -2.74. The van der Waals surface area contributed by atoms with Crippen molar-refractivity contribution in [3.63, 3.8) is 0 Å². The lowest BCUT2D eigenvalue weighted by Crippen LogP contribution is -2.41. The molecule has 7 nitrogen and oxygen atoms in total. The zero-order chi connectivity index (χ0) is 17.8. The number of hydrazine groups is 1. The molecule has 0 atom stereocenters. The Morgan fingerprint density at radius 1 is 1.00 bits per heavy atom. The summed E-state index contributed by atoms with van der Waals surface area (Å²) < 4.78 is 0. The first-order valence-electron chi connectivity index (χ1n) is 8.01. The highest BCUT2D eigenvalue weighted by Crippen LogP contribution is 2.28. The van der Waals surface area contributed by atoms with E-state index in [1.165, 1.54) is 52.5 Å². The minimum absolute atomic E-state index is 0.0966. The van der Waals surface area contributed by atoms with E-state index < -0.39 is 10.8 Å². The summed E-state index contributed by atoms with van der Waals surface area (Å²) in [4.78, 5) is 36.1. The lowest BCUT2D eigenvalue weighted by atomic mass is 10.1. The number of non-ortho nitro benzene ring substituents is 1. The molecule has 1 aromatic heterocycles. The number of hydrogen-bond donors (Lipinski definition) is 2. The summed E-state index contributed by atoms with van der Waals surface area (Å²) in [5.41, 5.74) is 6.10. The maximum absolute atomic E-state index is 12.2. The Morgan fingerprint density at radius 2 is 1.68 bits per heavy atom. The zero-order valence-electron chi connectivity index (χ0n) is 13.4. The molecule has 0 fully saturated rings. The summed E-state index contributed by atoms with van der Waals surface area (Å²) >= 11 is 1.47. The molecular formula is C17H17N3O4S.